The van der Waals surface area contributed by atoms with Gasteiger partial charge in [-0.3, -0.25) is 9.59 Å². The molecular weight excluding hydrogens is 216 g/mol. The van der Waals surface area contributed by atoms with Gasteiger partial charge in [0.1, 0.15) is 6.42 Å². The predicted octanol–water partition coefficient (Wildman–Crippen LogP) is 2.39. The van der Waals surface area contributed by atoms with E-state index in [4.69, 9.17) is 11.6 Å². The number of carbonyl (C=O) groups excluding carboxylic acids is 2. The van der Waals surface area contributed by atoms with Gasteiger partial charge in [0.2, 0.25) is 0 Å². The van der Waals surface area contributed by atoms with Crippen molar-refractivity contribution in [3.8, 4) is 0 Å². The Balaban J connectivity index is 2.92. The van der Waals surface area contributed by atoms with Crippen molar-refractivity contribution in [1.29, 1.82) is 0 Å². The smallest absolute Gasteiger partial charge is 0.313 e. The molecule has 0 N–H and O–H groups in total. The summed E-state index contributed by atoms with van der Waals surface area (Å²) in [4.78, 5) is 22.5. The van der Waals surface area contributed by atoms with Gasteiger partial charge in [-0.15, -0.1) is 0 Å². The van der Waals surface area contributed by atoms with E-state index in [1.54, 1.807) is 25.1 Å². The molecule has 0 fully saturated rings. The molecule has 1 aromatic carbocycles. The van der Waals surface area contributed by atoms with Crippen molar-refractivity contribution in [3.63, 3.8) is 0 Å². The SMILES string of the molecule is COC(=O)CC(=O)c1cccc(C)c1Cl. The molecule has 0 aromatic heterocycles. The van der Waals surface area contributed by atoms with Gasteiger partial charge < -0.3 is 4.74 Å². The molecule has 80 valence electrons. The van der Waals surface area contributed by atoms with Crippen LogP contribution in [-0.4, -0.2) is 18.9 Å². The van der Waals surface area contributed by atoms with Crippen molar-refractivity contribution in [2.24, 2.45) is 0 Å². The lowest BCUT2D eigenvalue weighted by atomic mass is 10.1. The van der Waals surface area contributed by atoms with E-state index in [1.807, 2.05) is 0 Å². The Bertz CT molecular complexity index is 399. The number of benzene rings is 1. The fourth-order valence-electron chi connectivity index (χ4n) is 1.16. The van der Waals surface area contributed by atoms with Crippen LogP contribution in [-0.2, 0) is 9.53 Å². The summed E-state index contributed by atoms with van der Waals surface area (Å²) in [5, 5.41) is 0.395. The van der Waals surface area contributed by atoms with E-state index in [9.17, 15) is 9.59 Å². The van der Waals surface area contributed by atoms with Gasteiger partial charge in [0, 0.05) is 5.56 Å². The highest BCUT2D eigenvalue weighted by Gasteiger charge is 2.15. The zero-order chi connectivity index (χ0) is 11.4. The summed E-state index contributed by atoms with van der Waals surface area (Å²) < 4.78 is 4.41. The fraction of sp³-hybridized carbons (Fsp3) is 0.273. The second-order valence-corrected chi connectivity index (χ2v) is 3.49. The average Bonchev–Trinajstić information content (AvgIpc) is 2.21. The number of methoxy groups -OCH3 is 1. The summed E-state index contributed by atoms with van der Waals surface area (Å²) in [6.07, 6.45) is -0.278. The van der Waals surface area contributed by atoms with Crippen LogP contribution in [0.2, 0.25) is 5.02 Å². The van der Waals surface area contributed by atoms with Gasteiger partial charge in [-0.05, 0) is 18.6 Å². The topological polar surface area (TPSA) is 43.4 Å². The largest absolute Gasteiger partial charge is 0.469 e. The molecule has 1 rings (SSSR count). The molecule has 0 aliphatic rings. The summed E-state index contributed by atoms with van der Waals surface area (Å²) in [7, 11) is 1.24. The molecule has 0 amide bonds. The zero-order valence-electron chi connectivity index (χ0n) is 8.54. The maximum absolute atomic E-state index is 11.6. The first-order valence-corrected chi connectivity index (χ1v) is 4.79. The number of halogens is 1. The molecular formula is C11H11ClO3. The van der Waals surface area contributed by atoms with Gasteiger partial charge in [-0.1, -0.05) is 23.7 Å². The number of ether oxygens (including phenoxy) is 1. The van der Waals surface area contributed by atoms with Crippen molar-refractivity contribution in [2.75, 3.05) is 7.11 Å². The summed E-state index contributed by atoms with van der Waals surface area (Å²) in [6.45, 7) is 1.80. The van der Waals surface area contributed by atoms with E-state index >= 15 is 0 Å². The van der Waals surface area contributed by atoms with E-state index in [2.05, 4.69) is 4.74 Å². The van der Waals surface area contributed by atoms with Crippen LogP contribution in [0.25, 0.3) is 0 Å². The highest BCUT2D eigenvalue weighted by Crippen LogP contribution is 2.21. The van der Waals surface area contributed by atoms with Gasteiger partial charge in [0.25, 0.3) is 0 Å². The third-order valence-corrected chi connectivity index (χ3v) is 2.53. The van der Waals surface area contributed by atoms with Gasteiger partial charge in [-0.25, -0.2) is 0 Å². The lowest BCUT2D eigenvalue weighted by Gasteiger charge is -2.04. The molecule has 0 saturated heterocycles. The van der Waals surface area contributed by atoms with E-state index < -0.39 is 5.97 Å². The van der Waals surface area contributed by atoms with Crippen molar-refractivity contribution in [1.82, 2.24) is 0 Å². The number of hydrogen-bond acceptors (Lipinski definition) is 3. The molecule has 0 bridgehead atoms. The first kappa shape index (κ1) is 11.7. The summed E-state index contributed by atoms with van der Waals surface area (Å²) in [5.41, 5.74) is 1.18. The molecule has 0 aliphatic heterocycles. The predicted molar refractivity (Wildman–Crippen MR) is 57.2 cm³/mol. The van der Waals surface area contributed by atoms with Crippen molar-refractivity contribution >= 4 is 23.4 Å². The standard InChI is InChI=1S/C11H11ClO3/c1-7-4-3-5-8(11(7)12)9(13)6-10(14)15-2/h3-5H,6H2,1-2H3. The number of esters is 1. The molecule has 4 heteroatoms. The number of carbonyl (C=O) groups is 2. The number of aryl methyl sites for hydroxylation is 1. The van der Waals surface area contributed by atoms with Crippen LogP contribution in [0.3, 0.4) is 0 Å². The number of rotatable bonds is 3. The van der Waals surface area contributed by atoms with Crippen LogP contribution < -0.4 is 0 Å². The van der Waals surface area contributed by atoms with Gasteiger partial charge in [0.15, 0.2) is 5.78 Å². The molecule has 0 atom stereocenters. The third-order valence-electron chi connectivity index (χ3n) is 2.02. The second kappa shape index (κ2) is 4.94. The first-order chi connectivity index (χ1) is 7.06. The fourth-order valence-corrected chi connectivity index (χ4v) is 1.39. The van der Waals surface area contributed by atoms with Gasteiger partial charge in [0.05, 0.1) is 12.1 Å². The maximum atomic E-state index is 11.6. The molecule has 3 nitrogen and oxygen atoms in total. The highest BCUT2D eigenvalue weighted by atomic mass is 35.5. The van der Waals surface area contributed by atoms with E-state index in [1.165, 1.54) is 7.11 Å². The highest BCUT2D eigenvalue weighted by molar-refractivity contribution is 6.35. The Morgan fingerprint density at radius 1 is 1.40 bits per heavy atom. The number of ketones is 1. The summed E-state index contributed by atoms with van der Waals surface area (Å²) in [5.74, 6) is -0.881. The van der Waals surface area contributed by atoms with Gasteiger partial charge >= 0.3 is 5.97 Å². The Kier molecular flexibility index (Phi) is 3.86. The quantitative estimate of drug-likeness (QED) is 0.452. The van der Waals surface area contributed by atoms with Crippen molar-refractivity contribution in [3.05, 3.63) is 34.3 Å². The molecule has 0 saturated carbocycles. The molecule has 0 heterocycles. The van der Waals surface area contributed by atoms with Crippen LogP contribution >= 0.6 is 11.6 Å². The molecule has 15 heavy (non-hydrogen) atoms. The lowest BCUT2D eigenvalue weighted by molar-refractivity contribution is -0.139. The van der Waals surface area contributed by atoms with Crippen LogP contribution in [0, 0.1) is 6.92 Å². The molecule has 0 unspecified atom stereocenters. The average molecular weight is 227 g/mol. The first-order valence-electron chi connectivity index (χ1n) is 4.41. The zero-order valence-corrected chi connectivity index (χ0v) is 9.30. The second-order valence-electron chi connectivity index (χ2n) is 3.11. The summed E-state index contributed by atoms with van der Waals surface area (Å²) >= 11 is 5.94. The third kappa shape index (κ3) is 2.80. The lowest BCUT2D eigenvalue weighted by Crippen LogP contribution is -2.10. The number of Topliss-reactive ketones (excluding diaryl/α,β-unsaturated/α-hetero) is 1. The molecule has 0 radical (unpaired) electrons. The normalized spacial score (nSPS) is 9.80. The van der Waals surface area contributed by atoms with E-state index in [0.717, 1.165) is 5.56 Å². The number of hydrogen-bond donors (Lipinski definition) is 0. The minimum absolute atomic E-state index is 0.278. The monoisotopic (exact) mass is 226 g/mol. The molecule has 0 aliphatic carbocycles. The molecule has 0 spiro atoms. The maximum Gasteiger partial charge on any atom is 0.313 e. The molecule has 1 aromatic rings. The van der Waals surface area contributed by atoms with Crippen LogP contribution in [0.4, 0.5) is 0 Å². The van der Waals surface area contributed by atoms with E-state index in [-0.39, 0.29) is 12.2 Å². The van der Waals surface area contributed by atoms with Crippen molar-refractivity contribution < 1.29 is 14.3 Å². The van der Waals surface area contributed by atoms with Crippen LogP contribution in [0.1, 0.15) is 22.3 Å². The van der Waals surface area contributed by atoms with E-state index in [0.29, 0.717) is 10.6 Å². The van der Waals surface area contributed by atoms with Crippen molar-refractivity contribution in [2.45, 2.75) is 13.3 Å². The van der Waals surface area contributed by atoms with Crippen LogP contribution in [0.15, 0.2) is 18.2 Å². The summed E-state index contributed by atoms with van der Waals surface area (Å²) in [6, 6.07) is 5.13. The van der Waals surface area contributed by atoms with Gasteiger partial charge in [-0.2, -0.15) is 0 Å². The Hall–Kier alpha value is -1.35. The van der Waals surface area contributed by atoms with Crippen LogP contribution in [0.5, 0.6) is 0 Å². The Morgan fingerprint density at radius 3 is 2.67 bits per heavy atom. The Morgan fingerprint density at radius 2 is 2.07 bits per heavy atom. The Labute approximate surface area is 93.0 Å². The minimum atomic E-state index is -0.558. The minimum Gasteiger partial charge on any atom is -0.469 e.